The van der Waals surface area contributed by atoms with Crippen LogP contribution < -0.4 is 5.32 Å². The monoisotopic (exact) mass is 342 g/mol. The minimum atomic E-state index is 0.141. The van der Waals surface area contributed by atoms with E-state index in [4.69, 9.17) is 4.98 Å². The molecule has 3 N–H and O–H groups in total. The highest BCUT2D eigenvalue weighted by Crippen LogP contribution is 2.27. The van der Waals surface area contributed by atoms with Crippen LogP contribution in [0.25, 0.3) is 34.1 Å². The average molecular weight is 342 g/mol. The minimum Gasteiger partial charge on any atom is -0.368 e. The number of aryl methyl sites for hydroxylation is 1. The van der Waals surface area contributed by atoms with Gasteiger partial charge in [0.1, 0.15) is 11.6 Å². The molecule has 2 atom stereocenters. The maximum absolute atomic E-state index is 4.78. The lowest BCUT2D eigenvalue weighted by molar-refractivity contribution is 0.698. The zero-order chi connectivity index (χ0) is 17.7. The lowest BCUT2D eigenvalue weighted by Gasteiger charge is -2.16. The van der Waals surface area contributed by atoms with E-state index < -0.39 is 0 Å². The van der Waals surface area contributed by atoms with Gasteiger partial charge in [0.25, 0.3) is 0 Å². The first kappa shape index (κ1) is 14.9. The number of fused-ring (bicyclic) bond motifs is 2. The van der Waals surface area contributed by atoms with Crippen molar-refractivity contribution in [3.05, 3.63) is 60.2 Å². The summed E-state index contributed by atoms with van der Waals surface area (Å²) in [6.07, 6.45) is 9.90. The van der Waals surface area contributed by atoms with Crippen LogP contribution in [0.4, 0.5) is 0 Å². The maximum Gasteiger partial charge on any atom is 0.138 e. The molecule has 128 valence electrons. The van der Waals surface area contributed by atoms with Crippen molar-refractivity contribution in [1.29, 1.82) is 0 Å². The highest BCUT2D eigenvalue weighted by atomic mass is 15.1. The summed E-state index contributed by atoms with van der Waals surface area (Å²) in [4.78, 5) is 20.5. The summed E-state index contributed by atoms with van der Waals surface area (Å²) in [5.74, 6) is 1.69. The van der Waals surface area contributed by atoms with Gasteiger partial charge < -0.3 is 15.3 Å². The lowest BCUT2D eigenvalue weighted by Crippen LogP contribution is -2.30. The Bertz CT molecular complexity index is 1110. The normalized spacial score (nSPS) is 20.9. The van der Waals surface area contributed by atoms with Gasteiger partial charge in [-0.05, 0) is 37.3 Å². The van der Waals surface area contributed by atoms with Crippen molar-refractivity contribution >= 4 is 29.0 Å². The molecule has 5 rings (SSSR count). The molecule has 2 unspecified atom stereocenters. The second-order valence-corrected chi connectivity index (χ2v) is 6.56. The first-order valence-corrected chi connectivity index (χ1v) is 8.58. The van der Waals surface area contributed by atoms with E-state index in [-0.39, 0.29) is 12.1 Å². The molecule has 0 spiro atoms. The number of H-pyrrole nitrogens is 2. The summed E-state index contributed by atoms with van der Waals surface area (Å²) in [5.41, 5.74) is 5.87. The van der Waals surface area contributed by atoms with E-state index in [9.17, 15) is 0 Å². The molecule has 0 amide bonds. The van der Waals surface area contributed by atoms with Crippen molar-refractivity contribution in [1.82, 2.24) is 25.3 Å². The standard InChI is InChI=1S/C20H18N6/c1-3-14-11(2)23-19(24-14)13-5-7-16-18(9-13)26-20(25-16)12-4-6-15-17(8-12)22-10-21-15/h3-10,15,17H,1H2,2H3,(H,21,22)(H,23,24)(H,25,26). The number of rotatable bonds is 3. The average Bonchev–Trinajstić information content (AvgIpc) is 3.37. The minimum absolute atomic E-state index is 0.141. The molecule has 0 saturated heterocycles. The van der Waals surface area contributed by atoms with Gasteiger partial charge in [0.2, 0.25) is 0 Å². The van der Waals surface area contributed by atoms with Gasteiger partial charge in [-0.25, -0.2) is 9.97 Å². The Balaban J connectivity index is 1.53. The number of hydrogen-bond acceptors (Lipinski definition) is 4. The molecule has 3 heterocycles. The second-order valence-electron chi connectivity index (χ2n) is 6.56. The van der Waals surface area contributed by atoms with Crippen LogP contribution in [0.1, 0.15) is 17.2 Å². The highest BCUT2D eigenvalue weighted by molar-refractivity contribution is 5.85. The van der Waals surface area contributed by atoms with Crippen molar-refractivity contribution in [3.63, 3.8) is 0 Å². The molecule has 6 heteroatoms. The van der Waals surface area contributed by atoms with Crippen LogP contribution in [0.2, 0.25) is 0 Å². The largest absolute Gasteiger partial charge is 0.368 e. The van der Waals surface area contributed by atoms with Gasteiger partial charge in [-0.3, -0.25) is 4.99 Å². The van der Waals surface area contributed by atoms with Crippen LogP contribution in [0.5, 0.6) is 0 Å². The lowest BCUT2D eigenvalue weighted by atomic mass is 9.99. The predicted molar refractivity (Wildman–Crippen MR) is 105 cm³/mol. The van der Waals surface area contributed by atoms with Gasteiger partial charge in [0.15, 0.2) is 0 Å². The zero-order valence-corrected chi connectivity index (χ0v) is 14.3. The highest BCUT2D eigenvalue weighted by Gasteiger charge is 2.24. The topological polar surface area (TPSA) is 81.8 Å². The van der Waals surface area contributed by atoms with E-state index in [2.05, 4.69) is 50.1 Å². The molecular formula is C20H18N6. The van der Waals surface area contributed by atoms with E-state index in [0.717, 1.165) is 45.2 Å². The number of aromatic amines is 2. The molecule has 2 aromatic heterocycles. The fraction of sp³-hybridized carbons (Fsp3) is 0.150. The summed E-state index contributed by atoms with van der Waals surface area (Å²) < 4.78 is 0. The number of hydrogen-bond donors (Lipinski definition) is 3. The fourth-order valence-corrected chi connectivity index (χ4v) is 3.43. The van der Waals surface area contributed by atoms with Crippen LogP contribution in [0, 0.1) is 6.92 Å². The van der Waals surface area contributed by atoms with Gasteiger partial charge in [0.05, 0.1) is 35.1 Å². The Labute approximate surface area is 150 Å². The van der Waals surface area contributed by atoms with Gasteiger partial charge >= 0.3 is 0 Å². The Morgan fingerprint density at radius 2 is 2.08 bits per heavy atom. The SMILES string of the molecule is C=Cc1nc(-c2ccc3[nH]c(C4=CC5N=CNC5C=C4)nc3c2)[nH]c1C. The summed E-state index contributed by atoms with van der Waals surface area (Å²) in [6, 6.07) is 6.53. The first-order valence-electron chi connectivity index (χ1n) is 8.58. The van der Waals surface area contributed by atoms with Gasteiger partial charge in [-0.1, -0.05) is 18.7 Å². The molecule has 0 radical (unpaired) electrons. The number of benzene rings is 1. The maximum atomic E-state index is 4.78. The van der Waals surface area contributed by atoms with E-state index in [0.29, 0.717) is 0 Å². The summed E-state index contributed by atoms with van der Waals surface area (Å²) in [5, 5.41) is 3.22. The summed E-state index contributed by atoms with van der Waals surface area (Å²) in [7, 11) is 0. The number of aliphatic imine (C=N–C) groups is 1. The van der Waals surface area contributed by atoms with Crippen molar-refractivity contribution in [2.24, 2.45) is 4.99 Å². The van der Waals surface area contributed by atoms with E-state index in [1.54, 1.807) is 12.4 Å². The fourth-order valence-electron chi connectivity index (χ4n) is 3.43. The van der Waals surface area contributed by atoms with Crippen molar-refractivity contribution in [3.8, 4) is 11.4 Å². The third-order valence-corrected chi connectivity index (χ3v) is 4.86. The summed E-state index contributed by atoms with van der Waals surface area (Å²) in [6.45, 7) is 5.79. The Hall–Kier alpha value is -3.41. The molecule has 2 aliphatic rings. The van der Waals surface area contributed by atoms with Crippen LogP contribution in [-0.2, 0) is 0 Å². The van der Waals surface area contributed by atoms with Crippen LogP contribution in [-0.4, -0.2) is 38.4 Å². The third kappa shape index (κ3) is 2.30. The quantitative estimate of drug-likeness (QED) is 0.683. The number of nitrogens with one attached hydrogen (secondary N) is 3. The predicted octanol–water partition coefficient (Wildman–Crippen LogP) is 3.23. The van der Waals surface area contributed by atoms with E-state index in [1.165, 1.54) is 0 Å². The zero-order valence-electron chi connectivity index (χ0n) is 14.3. The van der Waals surface area contributed by atoms with Crippen LogP contribution in [0.15, 0.2) is 48.0 Å². The Morgan fingerprint density at radius 3 is 2.92 bits per heavy atom. The molecule has 0 fully saturated rings. The molecule has 1 aromatic carbocycles. The van der Waals surface area contributed by atoms with Crippen molar-refractivity contribution in [2.75, 3.05) is 0 Å². The Morgan fingerprint density at radius 1 is 1.15 bits per heavy atom. The molecule has 1 aliphatic heterocycles. The Kier molecular flexibility index (Phi) is 3.18. The molecular weight excluding hydrogens is 324 g/mol. The first-order chi connectivity index (χ1) is 12.7. The van der Waals surface area contributed by atoms with Crippen LogP contribution in [0.3, 0.4) is 0 Å². The molecule has 26 heavy (non-hydrogen) atoms. The van der Waals surface area contributed by atoms with Gasteiger partial charge in [-0.2, -0.15) is 0 Å². The number of aromatic nitrogens is 4. The molecule has 0 bridgehead atoms. The molecule has 0 saturated carbocycles. The second kappa shape index (κ2) is 5.56. The van der Waals surface area contributed by atoms with E-state index in [1.807, 2.05) is 25.1 Å². The molecule has 6 nitrogen and oxygen atoms in total. The van der Waals surface area contributed by atoms with E-state index >= 15 is 0 Å². The summed E-state index contributed by atoms with van der Waals surface area (Å²) >= 11 is 0. The number of nitrogens with zero attached hydrogens (tertiary/aromatic N) is 3. The van der Waals surface area contributed by atoms with Gasteiger partial charge in [-0.15, -0.1) is 0 Å². The molecule has 3 aromatic rings. The number of allylic oxidation sites excluding steroid dienone is 2. The smallest absolute Gasteiger partial charge is 0.138 e. The molecule has 1 aliphatic carbocycles. The number of imidazole rings is 2. The van der Waals surface area contributed by atoms with Crippen molar-refractivity contribution < 1.29 is 0 Å². The third-order valence-electron chi connectivity index (χ3n) is 4.86. The van der Waals surface area contributed by atoms with Gasteiger partial charge in [0, 0.05) is 16.8 Å². The van der Waals surface area contributed by atoms with Crippen LogP contribution >= 0.6 is 0 Å². The van der Waals surface area contributed by atoms with Crippen molar-refractivity contribution in [2.45, 2.75) is 19.0 Å².